The minimum atomic E-state index is -2.08. The van der Waals surface area contributed by atoms with Gasteiger partial charge in [-0.25, -0.2) is 0 Å². The van der Waals surface area contributed by atoms with Crippen molar-refractivity contribution in [3.63, 3.8) is 0 Å². The molecule has 3 aromatic carbocycles. The van der Waals surface area contributed by atoms with Gasteiger partial charge in [-0.2, -0.15) is 0 Å². The van der Waals surface area contributed by atoms with Crippen molar-refractivity contribution < 1.29 is 9.09 Å². The normalized spacial score (nSPS) is 11.9. The minimum absolute atomic E-state index is 0. The van der Waals surface area contributed by atoms with Crippen LogP contribution in [0, 0.1) is 5.82 Å². The summed E-state index contributed by atoms with van der Waals surface area (Å²) in [6, 6.07) is 29.0. The van der Waals surface area contributed by atoms with E-state index in [1.165, 1.54) is 23.6 Å². The van der Waals surface area contributed by atoms with Gasteiger partial charge in [0.25, 0.3) is 0 Å². The number of hydrogen-bond acceptors (Lipinski definition) is 0. The van der Waals surface area contributed by atoms with E-state index < -0.39 is 19.8 Å². The number of hydrogen-bond donors (Lipinski definition) is 0. The van der Waals surface area contributed by atoms with Gasteiger partial charge in [0.1, 0.15) is 0 Å². The molecule has 0 amide bonds. The third-order valence-corrected chi connectivity index (χ3v) is 16.4. The summed E-state index contributed by atoms with van der Waals surface area (Å²) in [7, 11) is 0. The predicted octanol–water partition coefficient (Wildman–Crippen LogP) is 6.64. The van der Waals surface area contributed by atoms with Crippen molar-refractivity contribution in [2.45, 2.75) is 47.4 Å². The molecule has 0 spiro atoms. The zero-order valence-corrected chi connectivity index (χ0v) is 20.6. The quantitative estimate of drug-likeness (QED) is 0.320. The molecule has 0 nitrogen and oxygen atoms in total. The maximum Gasteiger partial charge on any atom is -0.269 e. The summed E-state index contributed by atoms with van der Waals surface area (Å²) in [6.07, 6.45) is 0. The number of halogens is 2. The molecule has 0 fully saturated rings. The molecule has 153 valence electrons. The van der Waals surface area contributed by atoms with E-state index in [9.17, 15) is 4.39 Å². The van der Waals surface area contributed by atoms with Gasteiger partial charge in [0.15, 0.2) is 0 Å². The Morgan fingerprint density at radius 2 is 1.00 bits per heavy atom. The summed E-state index contributed by atoms with van der Waals surface area (Å²) >= 11 is -2.08. The zero-order chi connectivity index (χ0) is 20.2. The number of benzene rings is 3. The standard InChI is InChI=1S/2C10H13.C6H4F.FH.Sn/c2*1-10(2,3)9-7-5-4-6-8-9;7-6-4-2-1-3-5-6;;/h2*4-8H,1H2,2-3H3;2-5H;1H;. The van der Waals surface area contributed by atoms with Gasteiger partial charge in [-0.05, 0) is 0 Å². The Bertz CT molecular complexity index is 818. The average molecular weight is 500 g/mol. The molecule has 3 heteroatoms. The first-order valence-corrected chi connectivity index (χ1v) is 15.5. The molecule has 1 radical (unpaired) electrons. The van der Waals surface area contributed by atoms with E-state index in [0.29, 0.717) is 0 Å². The molecular weight excluding hydrogens is 469 g/mol. The second-order valence-electron chi connectivity index (χ2n) is 8.96. The molecule has 0 aliphatic carbocycles. The summed E-state index contributed by atoms with van der Waals surface area (Å²) in [4.78, 5) is 0. The van der Waals surface area contributed by atoms with E-state index in [-0.39, 0.29) is 21.4 Å². The van der Waals surface area contributed by atoms with Gasteiger partial charge < -0.3 is 0 Å². The van der Waals surface area contributed by atoms with Crippen LogP contribution in [0.4, 0.5) is 9.09 Å². The van der Waals surface area contributed by atoms with Gasteiger partial charge in [-0.3, -0.25) is 4.70 Å². The molecule has 0 aliphatic heterocycles. The topological polar surface area (TPSA) is 0 Å². The molecule has 0 saturated heterocycles. The fraction of sp³-hybridized carbons (Fsp3) is 0.308. The summed E-state index contributed by atoms with van der Waals surface area (Å²) in [5.41, 5.74) is 3.04. The van der Waals surface area contributed by atoms with E-state index in [1.807, 2.05) is 12.1 Å². The third kappa shape index (κ3) is 6.15. The maximum atomic E-state index is 13.6. The fourth-order valence-corrected chi connectivity index (χ4v) is 14.6. The van der Waals surface area contributed by atoms with Crippen molar-refractivity contribution in [1.29, 1.82) is 0 Å². The van der Waals surface area contributed by atoms with Gasteiger partial charge in [0.2, 0.25) is 0 Å². The van der Waals surface area contributed by atoms with Crippen molar-refractivity contribution in [3.8, 4) is 0 Å². The minimum Gasteiger partial charge on any atom is -0.269 e. The van der Waals surface area contributed by atoms with Crippen molar-refractivity contribution in [1.82, 2.24) is 0 Å². The Morgan fingerprint density at radius 1 is 0.621 bits per heavy atom. The van der Waals surface area contributed by atoms with Crippen molar-refractivity contribution in [2.75, 3.05) is 0 Å². The fourth-order valence-electron chi connectivity index (χ4n) is 4.00. The largest absolute Gasteiger partial charge is 0.269 e. The van der Waals surface area contributed by atoms with E-state index in [2.05, 4.69) is 88.4 Å². The second-order valence-corrected chi connectivity index (χ2v) is 16.1. The number of rotatable bonds is 7. The molecule has 0 N–H and O–H groups in total. The van der Waals surface area contributed by atoms with E-state index in [4.69, 9.17) is 0 Å². The van der Waals surface area contributed by atoms with Crippen LogP contribution in [0.1, 0.15) is 38.8 Å². The van der Waals surface area contributed by atoms with Gasteiger partial charge >= 0.3 is 177 Å². The summed E-state index contributed by atoms with van der Waals surface area (Å²) in [6.45, 7) is 9.45. The van der Waals surface area contributed by atoms with Gasteiger partial charge in [-0.1, -0.05) is 0 Å². The molecule has 3 aromatic rings. The Kier molecular flexibility index (Phi) is 8.04. The van der Waals surface area contributed by atoms with E-state index in [1.54, 1.807) is 12.1 Å². The van der Waals surface area contributed by atoms with E-state index >= 15 is 0 Å². The van der Waals surface area contributed by atoms with Gasteiger partial charge in [0.05, 0.1) is 0 Å². The van der Waals surface area contributed by atoms with Crippen LogP contribution in [0.5, 0.6) is 0 Å². The van der Waals surface area contributed by atoms with Crippen LogP contribution in [0.15, 0.2) is 84.9 Å². The second kappa shape index (κ2) is 9.88. The molecule has 0 atom stereocenters. The first-order chi connectivity index (χ1) is 13.3. The Morgan fingerprint density at radius 3 is 1.38 bits per heavy atom. The average Bonchev–Trinajstić information content (AvgIpc) is 2.69. The Labute approximate surface area is 181 Å². The zero-order valence-electron chi connectivity index (χ0n) is 17.8. The van der Waals surface area contributed by atoms with Crippen molar-refractivity contribution >= 4 is 23.3 Å². The van der Waals surface area contributed by atoms with Crippen LogP contribution in [-0.2, 0) is 10.8 Å². The van der Waals surface area contributed by atoms with Crippen molar-refractivity contribution in [2.24, 2.45) is 0 Å². The molecule has 0 bridgehead atoms. The third-order valence-electron chi connectivity index (χ3n) is 5.67. The van der Waals surface area contributed by atoms with Crippen LogP contribution in [0.3, 0.4) is 0 Å². The van der Waals surface area contributed by atoms with Gasteiger partial charge in [-0.15, -0.1) is 0 Å². The molecule has 0 saturated carbocycles. The van der Waals surface area contributed by atoms with Crippen molar-refractivity contribution in [3.05, 3.63) is 102 Å². The van der Waals surface area contributed by atoms with Crippen LogP contribution in [0.2, 0.25) is 8.87 Å². The monoisotopic (exact) mass is 501 g/mol. The molecule has 0 unspecified atom stereocenters. The summed E-state index contributed by atoms with van der Waals surface area (Å²) in [5.74, 6) is -0.142. The maximum absolute atomic E-state index is 13.6. The molecule has 0 aliphatic rings. The Hall–Kier alpha value is -1.68. The first-order valence-electron chi connectivity index (χ1n) is 10.00. The first kappa shape index (κ1) is 23.6. The molecule has 0 aromatic heterocycles. The molecule has 29 heavy (non-hydrogen) atoms. The van der Waals surface area contributed by atoms with Crippen LogP contribution < -0.4 is 3.58 Å². The Balaban J connectivity index is 0.00000300. The smallest absolute Gasteiger partial charge is 0.269 e. The van der Waals surface area contributed by atoms with Crippen LogP contribution in [-0.4, -0.2) is 19.8 Å². The van der Waals surface area contributed by atoms with Crippen LogP contribution >= 0.6 is 0 Å². The molecular formula is C26H31F2Sn. The molecule has 3 rings (SSSR count). The molecule has 0 heterocycles. The van der Waals surface area contributed by atoms with Gasteiger partial charge in [0, 0.05) is 0 Å². The van der Waals surface area contributed by atoms with Crippen LogP contribution in [0.25, 0.3) is 0 Å². The summed E-state index contributed by atoms with van der Waals surface area (Å²) < 4.78 is 17.4. The predicted molar refractivity (Wildman–Crippen MR) is 123 cm³/mol. The van der Waals surface area contributed by atoms with E-state index in [0.717, 1.165) is 0 Å². The summed E-state index contributed by atoms with van der Waals surface area (Å²) in [5, 5.41) is 0. The SMILES string of the molecule is CC(C)([CH2][Sn]([CH2]C(C)(C)c1ccccc1)[c]1ccc(F)cc1)c1ccccc1.F.